The van der Waals surface area contributed by atoms with Crippen molar-refractivity contribution in [3.8, 4) is 0 Å². The Bertz CT molecular complexity index is 550. The first-order valence-corrected chi connectivity index (χ1v) is 8.49. The van der Waals surface area contributed by atoms with Crippen LogP contribution in [0.1, 0.15) is 30.9 Å². The summed E-state index contributed by atoms with van der Waals surface area (Å²) in [5.41, 5.74) is 0.959. The van der Waals surface area contributed by atoms with Gasteiger partial charge in [-0.15, -0.1) is 0 Å². The summed E-state index contributed by atoms with van der Waals surface area (Å²) in [7, 11) is 3.27. The van der Waals surface area contributed by atoms with Gasteiger partial charge in [0.05, 0.1) is 19.1 Å². The van der Waals surface area contributed by atoms with E-state index in [4.69, 9.17) is 9.47 Å². The van der Waals surface area contributed by atoms with E-state index >= 15 is 0 Å². The lowest BCUT2D eigenvalue weighted by Gasteiger charge is -2.35. The predicted octanol–water partition coefficient (Wildman–Crippen LogP) is 2.72. The molecule has 1 N–H and O–H groups in total. The molecule has 3 rings (SSSR count). The Morgan fingerprint density at radius 2 is 1.75 bits per heavy atom. The van der Waals surface area contributed by atoms with Crippen LogP contribution in [-0.4, -0.2) is 50.4 Å². The number of hydrogen-bond donors (Lipinski definition) is 1. The molecule has 0 spiro atoms. The lowest BCUT2D eigenvalue weighted by atomic mass is 9.77. The van der Waals surface area contributed by atoms with Crippen molar-refractivity contribution in [3.05, 3.63) is 35.6 Å². The Balaban J connectivity index is 1.68. The first kappa shape index (κ1) is 17.2. The molecule has 3 atom stereocenters. The number of nitrogens with one attached hydrogen (secondary N) is 1. The van der Waals surface area contributed by atoms with Crippen LogP contribution in [0.4, 0.5) is 9.18 Å². The summed E-state index contributed by atoms with van der Waals surface area (Å²) >= 11 is 0. The molecule has 1 aromatic carbocycles. The Hall–Kier alpha value is -1.66. The summed E-state index contributed by atoms with van der Waals surface area (Å²) in [5.74, 6) is 0.154. The number of likely N-dealkylation sites (tertiary alicyclic amines) is 1. The minimum absolute atomic E-state index is 0.0746. The van der Waals surface area contributed by atoms with Crippen molar-refractivity contribution in [3.63, 3.8) is 0 Å². The normalized spacial score (nSPS) is 25.4. The second kappa shape index (κ2) is 7.49. The van der Waals surface area contributed by atoms with Gasteiger partial charge in [0.25, 0.3) is 0 Å². The summed E-state index contributed by atoms with van der Waals surface area (Å²) in [6, 6.07) is 6.24. The highest BCUT2D eigenvalue weighted by molar-refractivity contribution is 5.75. The number of ether oxygens (including phenoxy) is 2. The number of halogens is 1. The highest BCUT2D eigenvalue weighted by Crippen LogP contribution is 2.38. The summed E-state index contributed by atoms with van der Waals surface area (Å²) in [6.07, 6.45) is 3.15. The fraction of sp³-hybridized carbons (Fsp3) is 0.611. The van der Waals surface area contributed by atoms with E-state index in [0.717, 1.165) is 18.4 Å². The fourth-order valence-electron chi connectivity index (χ4n) is 3.50. The van der Waals surface area contributed by atoms with Gasteiger partial charge in [0.2, 0.25) is 0 Å². The highest BCUT2D eigenvalue weighted by atomic mass is 19.1. The van der Waals surface area contributed by atoms with Crippen LogP contribution in [0, 0.1) is 11.7 Å². The Labute approximate surface area is 142 Å². The maximum atomic E-state index is 13.2. The highest BCUT2D eigenvalue weighted by Gasteiger charge is 2.37. The zero-order valence-electron chi connectivity index (χ0n) is 14.2. The zero-order valence-corrected chi connectivity index (χ0v) is 14.2. The van der Waals surface area contributed by atoms with E-state index in [9.17, 15) is 9.18 Å². The van der Waals surface area contributed by atoms with E-state index in [1.807, 2.05) is 0 Å². The topological polar surface area (TPSA) is 50.8 Å². The van der Waals surface area contributed by atoms with E-state index in [2.05, 4.69) is 5.32 Å². The van der Waals surface area contributed by atoms with Gasteiger partial charge in [-0.3, -0.25) is 0 Å². The third kappa shape index (κ3) is 3.54. The molecule has 24 heavy (non-hydrogen) atoms. The first-order chi connectivity index (χ1) is 11.6. The molecule has 1 aromatic rings. The molecule has 2 fully saturated rings. The predicted molar refractivity (Wildman–Crippen MR) is 88.2 cm³/mol. The molecular formula is C18H25FN2O3. The average Bonchev–Trinajstić information content (AvgIpc) is 2.96. The molecule has 0 aromatic heterocycles. The molecular weight excluding hydrogens is 311 g/mol. The molecule has 1 saturated heterocycles. The number of amides is 2. The average molecular weight is 336 g/mol. The summed E-state index contributed by atoms with van der Waals surface area (Å²) < 4.78 is 24.0. The third-order valence-electron chi connectivity index (χ3n) is 5.24. The molecule has 132 valence electrons. The van der Waals surface area contributed by atoms with E-state index in [1.54, 1.807) is 31.3 Å². The molecule has 0 bridgehead atoms. The lowest BCUT2D eigenvalue weighted by Crippen LogP contribution is -2.44. The maximum absolute atomic E-state index is 13.2. The van der Waals surface area contributed by atoms with Crippen molar-refractivity contribution < 1.29 is 18.7 Å². The molecule has 1 heterocycles. The van der Waals surface area contributed by atoms with Crippen molar-refractivity contribution >= 4 is 6.03 Å². The van der Waals surface area contributed by atoms with E-state index < -0.39 is 0 Å². The number of methoxy groups -OCH3 is 2. The van der Waals surface area contributed by atoms with Crippen LogP contribution in [0.5, 0.6) is 0 Å². The van der Waals surface area contributed by atoms with Gasteiger partial charge in [-0.25, -0.2) is 9.18 Å². The molecule has 1 aliphatic heterocycles. The van der Waals surface area contributed by atoms with Crippen LogP contribution in [-0.2, 0) is 9.47 Å². The summed E-state index contributed by atoms with van der Waals surface area (Å²) in [6.45, 7) is 1.03. The van der Waals surface area contributed by atoms with Crippen LogP contribution in [0.15, 0.2) is 24.3 Å². The summed E-state index contributed by atoms with van der Waals surface area (Å²) in [4.78, 5) is 14.4. The summed E-state index contributed by atoms with van der Waals surface area (Å²) in [5, 5.41) is 3.14. The smallest absolute Gasteiger partial charge is 0.318 e. The number of carbonyl (C=O) groups is 1. The molecule has 2 amide bonds. The number of urea groups is 1. The second-order valence-corrected chi connectivity index (χ2v) is 6.62. The molecule has 0 radical (unpaired) electrons. The van der Waals surface area contributed by atoms with Gasteiger partial charge >= 0.3 is 6.03 Å². The lowest BCUT2D eigenvalue weighted by molar-refractivity contribution is -0.00461. The zero-order chi connectivity index (χ0) is 17.1. The van der Waals surface area contributed by atoms with Gasteiger partial charge in [0.1, 0.15) is 18.0 Å². The first-order valence-electron chi connectivity index (χ1n) is 8.49. The van der Waals surface area contributed by atoms with Crippen molar-refractivity contribution in [2.45, 2.75) is 37.5 Å². The number of benzene rings is 1. The van der Waals surface area contributed by atoms with Crippen LogP contribution < -0.4 is 5.32 Å². The van der Waals surface area contributed by atoms with Crippen LogP contribution in [0.2, 0.25) is 0 Å². The largest absolute Gasteiger partial charge is 0.377 e. The molecule has 5 nitrogen and oxygen atoms in total. The number of carbonyl (C=O) groups excluding carboxylic acids is 1. The second-order valence-electron chi connectivity index (χ2n) is 6.62. The maximum Gasteiger partial charge on any atom is 0.318 e. The fourth-order valence-corrected chi connectivity index (χ4v) is 3.50. The minimum atomic E-state index is -0.261. The number of hydrogen-bond acceptors (Lipinski definition) is 3. The Kier molecular flexibility index (Phi) is 5.36. The molecule has 1 aliphatic carbocycles. The van der Waals surface area contributed by atoms with Crippen molar-refractivity contribution in [2.75, 3.05) is 27.3 Å². The standard InChI is InChI=1S/C18H25FN2O3/c1-23-15-10-21(11-16(15)24-2)18(22)20-17(12-4-3-5-12)13-6-8-14(19)9-7-13/h6-9,12,15-17H,3-5,10-11H2,1-2H3,(H,20,22)/t15-,16+,17?. The number of nitrogens with zero attached hydrogens (tertiary/aromatic N) is 1. The molecule has 6 heteroatoms. The van der Waals surface area contributed by atoms with E-state index in [-0.39, 0.29) is 30.1 Å². The van der Waals surface area contributed by atoms with Crippen molar-refractivity contribution in [2.24, 2.45) is 5.92 Å². The SMILES string of the molecule is CO[C@H]1CN(C(=O)NC(c2ccc(F)cc2)C2CCC2)C[C@H]1OC. The van der Waals surface area contributed by atoms with Gasteiger partial charge in [-0.1, -0.05) is 18.6 Å². The Morgan fingerprint density at radius 1 is 1.17 bits per heavy atom. The van der Waals surface area contributed by atoms with Crippen molar-refractivity contribution in [1.29, 1.82) is 0 Å². The van der Waals surface area contributed by atoms with Gasteiger partial charge in [-0.05, 0) is 36.5 Å². The third-order valence-corrected chi connectivity index (χ3v) is 5.24. The van der Waals surface area contributed by atoms with Gasteiger partial charge in [0, 0.05) is 14.2 Å². The van der Waals surface area contributed by atoms with Crippen LogP contribution >= 0.6 is 0 Å². The van der Waals surface area contributed by atoms with Gasteiger partial charge in [-0.2, -0.15) is 0 Å². The van der Waals surface area contributed by atoms with Gasteiger partial charge in [0.15, 0.2) is 0 Å². The van der Waals surface area contributed by atoms with Crippen LogP contribution in [0.25, 0.3) is 0 Å². The molecule has 1 unspecified atom stereocenters. The van der Waals surface area contributed by atoms with E-state index in [1.165, 1.54) is 18.6 Å². The monoisotopic (exact) mass is 336 g/mol. The molecule has 1 saturated carbocycles. The number of rotatable bonds is 5. The quantitative estimate of drug-likeness (QED) is 0.899. The van der Waals surface area contributed by atoms with Gasteiger partial charge < -0.3 is 19.7 Å². The van der Waals surface area contributed by atoms with E-state index in [0.29, 0.717) is 19.0 Å². The molecule has 2 aliphatic rings. The minimum Gasteiger partial charge on any atom is -0.377 e. The Morgan fingerprint density at radius 3 is 2.21 bits per heavy atom. The van der Waals surface area contributed by atoms with Crippen LogP contribution in [0.3, 0.4) is 0 Å². The van der Waals surface area contributed by atoms with Crippen molar-refractivity contribution in [1.82, 2.24) is 10.2 Å².